The predicted octanol–water partition coefficient (Wildman–Crippen LogP) is 8.59. The van der Waals surface area contributed by atoms with Crippen molar-refractivity contribution in [1.82, 2.24) is 0 Å². The van der Waals surface area contributed by atoms with Crippen LogP contribution in [0.15, 0.2) is 69.7 Å². The summed E-state index contributed by atoms with van der Waals surface area (Å²) in [5, 5.41) is 0. The third-order valence-electron chi connectivity index (χ3n) is 6.40. The molecule has 0 saturated carbocycles. The largest absolute Gasteiger partial charge is 0.147 e. The van der Waals surface area contributed by atoms with Crippen molar-refractivity contribution in [2.45, 2.75) is 58.2 Å². The van der Waals surface area contributed by atoms with Crippen LogP contribution in [0.5, 0.6) is 0 Å². The maximum Gasteiger partial charge on any atom is -0.147 e. The molecule has 32 heavy (non-hydrogen) atoms. The Morgan fingerprint density at radius 1 is 0.844 bits per heavy atom. The van der Waals surface area contributed by atoms with Crippen molar-refractivity contribution in [3.63, 3.8) is 0 Å². The van der Waals surface area contributed by atoms with Crippen LogP contribution in [0.4, 0.5) is 0 Å². The summed E-state index contributed by atoms with van der Waals surface area (Å²) in [6.07, 6.45) is 5.28. The number of hydrogen-bond acceptors (Lipinski definition) is 0. The molecule has 0 aliphatic heterocycles. The zero-order valence-corrected chi connectivity index (χ0v) is 28.7. The Morgan fingerprint density at radius 2 is 1.28 bits per heavy atom. The molecule has 2 aromatic carbocycles. The maximum absolute atomic E-state index is 3.38. The molecule has 2 aromatic rings. The Balaban J connectivity index is 0.00000256. The first-order chi connectivity index (χ1) is 13.7. The van der Waals surface area contributed by atoms with E-state index in [2.05, 4.69) is 122 Å². The first kappa shape index (κ1) is 30.1. The zero-order valence-electron chi connectivity index (χ0n) is 21.2. The summed E-state index contributed by atoms with van der Waals surface area (Å²) in [7, 11) is -2.41. The number of allylic oxidation sites excluding steroid dienone is 3. The van der Waals surface area contributed by atoms with Crippen molar-refractivity contribution < 1.29 is 17.4 Å². The van der Waals surface area contributed by atoms with Gasteiger partial charge < -0.3 is 0 Å². The molecule has 0 nitrogen and oxygen atoms in total. The van der Waals surface area contributed by atoms with Gasteiger partial charge in [0.25, 0.3) is 0 Å². The second kappa shape index (κ2) is 10.3. The molecule has 0 aromatic heterocycles. The standard InChI is InChI=1S/C13H9.C11H23Si2.2CH3.2ClH.H2Si.Zr/c1-3-7-12-10(5-1)9-11-6-2-4-8-13(11)12;1-12(2,3)10-8-7-9-11-13(4,5)6;;;;;;/h1-9H;8-10H,11H2,1-6H3;2*1H3;2*1H;1H2;. The van der Waals surface area contributed by atoms with Crippen LogP contribution in [-0.2, 0) is 17.4 Å². The average Bonchev–Trinajstić information content (AvgIpc) is 2.94. The fourth-order valence-electron chi connectivity index (χ4n) is 4.75. The SMILES string of the molecule is C[Si](C)(C)C=C[C](=CC[Si](C)(C)C)[Zr]([CH3])([CH3])(=[SiH2])[CH]1c2ccccc2-c2ccccc21.Cl.Cl. The molecule has 3 rings (SSSR count). The summed E-state index contributed by atoms with van der Waals surface area (Å²) >= 11 is -3.38. The Kier molecular flexibility index (Phi) is 9.71. The van der Waals surface area contributed by atoms with Crippen molar-refractivity contribution >= 4 is 47.8 Å². The molecule has 176 valence electrons. The van der Waals surface area contributed by atoms with Crippen LogP contribution in [0.1, 0.15) is 14.8 Å². The molecule has 0 amide bonds. The summed E-state index contributed by atoms with van der Waals surface area (Å²) in [5.41, 5.74) is 8.67. The van der Waals surface area contributed by atoms with Gasteiger partial charge in [-0.25, -0.2) is 0 Å². The van der Waals surface area contributed by atoms with Crippen LogP contribution >= 0.6 is 24.8 Å². The van der Waals surface area contributed by atoms with Gasteiger partial charge in [-0.2, -0.15) is 0 Å². The number of rotatable bonds is 6. The van der Waals surface area contributed by atoms with E-state index in [0.717, 1.165) is 0 Å². The quantitative estimate of drug-likeness (QED) is 0.230. The van der Waals surface area contributed by atoms with Crippen LogP contribution < -0.4 is 0 Å². The third kappa shape index (κ3) is 6.58. The van der Waals surface area contributed by atoms with E-state index in [1.54, 1.807) is 14.4 Å². The first-order valence-electron chi connectivity index (χ1n) is 11.3. The molecule has 0 fully saturated rings. The van der Waals surface area contributed by atoms with Crippen molar-refractivity contribution in [1.29, 1.82) is 0 Å². The van der Waals surface area contributed by atoms with Gasteiger partial charge in [-0.3, -0.25) is 0 Å². The number of fused-ring (bicyclic) bond motifs is 3. The number of halogens is 2. The number of hydrogen-bond donors (Lipinski definition) is 0. The van der Waals surface area contributed by atoms with Crippen molar-refractivity contribution in [2.24, 2.45) is 0 Å². The van der Waals surface area contributed by atoms with Gasteiger partial charge in [-0.15, -0.1) is 24.8 Å². The molecule has 0 spiro atoms. The second-order valence-corrected chi connectivity index (χ2v) is 52.7. The topological polar surface area (TPSA) is 0 Å². The fourth-order valence-corrected chi connectivity index (χ4v) is 21.7. The Bertz CT molecular complexity index is 1040. The Morgan fingerprint density at radius 3 is 1.69 bits per heavy atom. The fraction of sp³-hybridized carbons (Fsp3) is 0.385. The van der Waals surface area contributed by atoms with E-state index < -0.39 is 33.5 Å². The van der Waals surface area contributed by atoms with E-state index in [1.165, 1.54) is 17.2 Å². The van der Waals surface area contributed by atoms with Gasteiger partial charge in [-0.1, -0.05) is 0 Å². The molecule has 0 atom stereocenters. The Hall–Kier alpha value is 0.0338. The molecule has 0 saturated heterocycles. The van der Waals surface area contributed by atoms with Crippen molar-refractivity contribution in [2.75, 3.05) is 0 Å². The van der Waals surface area contributed by atoms with Gasteiger partial charge in [0.1, 0.15) is 0 Å². The van der Waals surface area contributed by atoms with E-state index in [4.69, 9.17) is 0 Å². The van der Waals surface area contributed by atoms with Crippen LogP contribution in [0, 0.1) is 0 Å². The Labute approximate surface area is 213 Å². The van der Waals surface area contributed by atoms with E-state index in [9.17, 15) is 0 Å². The van der Waals surface area contributed by atoms with E-state index >= 15 is 0 Å². The predicted molar refractivity (Wildman–Crippen MR) is 157 cm³/mol. The monoisotopic (exact) mass is 598 g/mol. The van der Waals surface area contributed by atoms with Gasteiger partial charge in [0.05, 0.1) is 0 Å². The molecular weight excluding hydrogens is 559 g/mol. The molecule has 1 aliphatic rings. The van der Waals surface area contributed by atoms with Gasteiger partial charge in [0.15, 0.2) is 0 Å². The maximum atomic E-state index is 2.70. The van der Waals surface area contributed by atoms with Gasteiger partial charge in [0, 0.05) is 0 Å². The summed E-state index contributed by atoms with van der Waals surface area (Å²) < 4.78 is 7.69. The van der Waals surface area contributed by atoms with Crippen LogP contribution in [0.3, 0.4) is 0 Å². The summed E-state index contributed by atoms with van der Waals surface area (Å²) in [6.45, 7) is 17.3. The molecule has 0 heterocycles. The first-order valence-corrected chi connectivity index (χ1v) is 32.1. The third-order valence-corrected chi connectivity index (χ3v) is 25.5. The molecule has 0 N–H and O–H groups in total. The van der Waals surface area contributed by atoms with Gasteiger partial charge in [0.2, 0.25) is 0 Å². The molecular formula is C26H42Cl2Si3Zr. The summed E-state index contributed by atoms with van der Waals surface area (Å²) in [5.74, 6) is 0. The molecule has 0 unspecified atom stereocenters. The normalized spacial score (nSPS) is 15.1. The summed E-state index contributed by atoms with van der Waals surface area (Å²) in [6, 6.07) is 19.7. The van der Waals surface area contributed by atoms with Crippen LogP contribution in [0.2, 0.25) is 54.6 Å². The van der Waals surface area contributed by atoms with Gasteiger partial charge >= 0.3 is 191 Å². The minimum atomic E-state index is -3.38. The minimum Gasteiger partial charge on any atom is -0.147 e. The van der Waals surface area contributed by atoms with E-state index in [-0.39, 0.29) is 24.8 Å². The van der Waals surface area contributed by atoms with Gasteiger partial charge in [-0.05, 0) is 0 Å². The van der Waals surface area contributed by atoms with Crippen LogP contribution in [0.25, 0.3) is 11.1 Å². The van der Waals surface area contributed by atoms with Crippen molar-refractivity contribution in [3.05, 3.63) is 80.8 Å². The van der Waals surface area contributed by atoms with Crippen molar-refractivity contribution in [3.8, 4) is 11.1 Å². The number of benzene rings is 2. The molecule has 0 bridgehead atoms. The molecule has 0 radical (unpaired) electrons. The summed E-state index contributed by atoms with van der Waals surface area (Å²) in [4.78, 5) is 0. The smallest absolute Gasteiger partial charge is 0.147 e. The van der Waals surface area contributed by atoms with E-state index in [1.807, 2.05) is 0 Å². The zero-order chi connectivity index (χ0) is 22.4. The minimum absolute atomic E-state index is 0. The van der Waals surface area contributed by atoms with E-state index in [0.29, 0.717) is 3.63 Å². The average molecular weight is 601 g/mol. The van der Waals surface area contributed by atoms with Crippen LogP contribution in [-0.4, -0.2) is 23.0 Å². The second-order valence-electron chi connectivity index (χ2n) is 12.5. The molecule has 1 aliphatic carbocycles. The molecule has 6 heteroatoms.